The second-order valence-corrected chi connectivity index (χ2v) is 3.90. The summed E-state index contributed by atoms with van der Waals surface area (Å²) in [7, 11) is 0. The summed E-state index contributed by atoms with van der Waals surface area (Å²) in [5.41, 5.74) is 1.25. The van der Waals surface area contributed by atoms with Gasteiger partial charge in [0.1, 0.15) is 0 Å². The molecule has 1 aliphatic rings. The first-order chi connectivity index (χ1) is 6.40. The molecule has 1 N–H and O–H groups in total. The molecule has 1 aromatic rings. The molecular weight excluding hydrogens is 198 g/mol. The molecule has 2 nitrogen and oxygen atoms in total. The van der Waals surface area contributed by atoms with Gasteiger partial charge in [0, 0.05) is 18.2 Å². The Bertz CT molecular complexity index is 248. The van der Waals surface area contributed by atoms with Crippen LogP contribution in [-0.4, -0.2) is 6.04 Å². The Hall–Kier alpha value is -0.470. The highest BCUT2D eigenvalue weighted by Crippen LogP contribution is 2.34. The fraction of sp³-hybridized carbons (Fsp3) is 0.636. The van der Waals surface area contributed by atoms with E-state index < -0.39 is 0 Å². The van der Waals surface area contributed by atoms with Gasteiger partial charge in [0.25, 0.3) is 0 Å². The van der Waals surface area contributed by atoms with Crippen LogP contribution in [0, 0.1) is 5.92 Å². The second-order valence-electron chi connectivity index (χ2n) is 3.90. The van der Waals surface area contributed by atoms with Crippen LogP contribution in [0.1, 0.15) is 31.7 Å². The summed E-state index contributed by atoms with van der Waals surface area (Å²) >= 11 is 0. The van der Waals surface area contributed by atoms with E-state index in [2.05, 4.69) is 12.2 Å². The van der Waals surface area contributed by atoms with Crippen molar-refractivity contribution < 1.29 is 4.42 Å². The fourth-order valence-electron chi connectivity index (χ4n) is 1.83. The molecule has 0 saturated heterocycles. The molecule has 0 amide bonds. The van der Waals surface area contributed by atoms with Crippen LogP contribution in [0.25, 0.3) is 0 Å². The van der Waals surface area contributed by atoms with Crippen LogP contribution in [0.3, 0.4) is 0 Å². The highest BCUT2D eigenvalue weighted by atomic mass is 35.5. The lowest BCUT2D eigenvalue weighted by atomic mass is 10.2. The van der Waals surface area contributed by atoms with Crippen LogP contribution in [0.5, 0.6) is 0 Å². The standard InChI is InChI=1S/C11H17NO.ClH/c1-2-3-10-6-11(10)12-7-9-4-5-13-8-9;/h4-5,8,10-12H,2-3,6-7H2,1H3;1H. The van der Waals surface area contributed by atoms with E-state index in [0.29, 0.717) is 0 Å². The van der Waals surface area contributed by atoms with E-state index in [1.807, 2.05) is 12.3 Å². The third-order valence-electron chi connectivity index (χ3n) is 2.73. The van der Waals surface area contributed by atoms with Gasteiger partial charge in [-0.25, -0.2) is 0 Å². The number of hydrogen-bond acceptors (Lipinski definition) is 2. The van der Waals surface area contributed by atoms with Crippen molar-refractivity contribution in [1.82, 2.24) is 5.32 Å². The minimum absolute atomic E-state index is 0. The van der Waals surface area contributed by atoms with Gasteiger partial charge in [-0.05, 0) is 24.8 Å². The summed E-state index contributed by atoms with van der Waals surface area (Å²) in [6, 6.07) is 2.79. The van der Waals surface area contributed by atoms with Gasteiger partial charge in [0.05, 0.1) is 12.5 Å². The lowest BCUT2D eigenvalue weighted by Crippen LogP contribution is -2.17. The highest BCUT2D eigenvalue weighted by Gasteiger charge is 2.35. The Morgan fingerprint density at radius 2 is 2.43 bits per heavy atom. The van der Waals surface area contributed by atoms with Crippen LogP contribution in [0.4, 0.5) is 0 Å². The SMILES string of the molecule is CCCC1CC1NCc1ccoc1.Cl. The number of halogens is 1. The zero-order valence-corrected chi connectivity index (χ0v) is 9.35. The van der Waals surface area contributed by atoms with E-state index in [9.17, 15) is 0 Å². The summed E-state index contributed by atoms with van der Waals surface area (Å²) in [6.45, 7) is 3.22. The summed E-state index contributed by atoms with van der Waals surface area (Å²) in [4.78, 5) is 0. The van der Waals surface area contributed by atoms with E-state index in [1.165, 1.54) is 24.8 Å². The van der Waals surface area contributed by atoms with Crippen molar-refractivity contribution in [3.63, 3.8) is 0 Å². The molecule has 2 atom stereocenters. The molecule has 80 valence electrons. The molecule has 2 rings (SSSR count). The molecule has 0 radical (unpaired) electrons. The fourth-order valence-corrected chi connectivity index (χ4v) is 1.83. The van der Waals surface area contributed by atoms with Crippen LogP contribution < -0.4 is 5.32 Å². The highest BCUT2D eigenvalue weighted by molar-refractivity contribution is 5.85. The van der Waals surface area contributed by atoms with Crippen LogP contribution >= 0.6 is 12.4 Å². The Balaban J connectivity index is 0.000000980. The quantitative estimate of drug-likeness (QED) is 0.817. The van der Waals surface area contributed by atoms with Gasteiger partial charge in [0.2, 0.25) is 0 Å². The van der Waals surface area contributed by atoms with Crippen LogP contribution in [0.15, 0.2) is 23.0 Å². The summed E-state index contributed by atoms with van der Waals surface area (Å²) in [5.74, 6) is 0.942. The first-order valence-corrected chi connectivity index (χ1v) is 5.14. The maximum Gasteiger partial charge on any atom is 0.0947 e. The van der Waals surface area contributed by atoms with Gasteiger partial charge in [0.15, 0.2) is 0 Å². The Kier molecular flexibility index (Phi) is 4.49. The first-order valence-electron chi connectivity index (χ1n) is 5.14. The Morgan fingerprint density at radius 3 is 3.07 bits per heavy atom. The first kappa shape index (κ1) is 11.6. The largest absolute Gasteiger partial charge is 0.472 e. The topological polar surface area (TPSA) is 25.2 Å². The van der Waals surface area contributed by atoms with Crippen molar-refractivity contribution in [1.29, 1.82) is 0 Å². The molecule has 0 aromatic carbocycles. The Morgan fingerprint density at radius 1 is 1.57 bits per heavy atom. The predicted molar refractivity (Wildman–Crippen MR) is 59.6 cm³/mol. The van der Waals surface area contributed by atoms with Gasteiger partial charge < -0.3 is 9.73 Å². The lowest BCUT2D eigenvalue weighted by molar-refractivity contribution is 0.556. The number of nitrogens with one attached hydrogen (secondary N) is 1. The number of hydrogen-bond donors (Lipinski definition) is 1. The third kappa shape index (κ3) is 3.03. The minimum Gasteiger partial charge on any atom is -0.472 e. The summed E-state index contributed by atoms with van der Waals surface area (Å²) in [5, 5.41) is 3.53. The second kappa shape index (κ2) is 5.42. The maximum absolute atomic E-state index is 5.00. The average molecular weight is 216 g/mol. The van der Waals surface area contributed by atoms with Crippen molar-refractivity contribution >= 4 is 12.4 Å². The smallest absolute Gasteiger partial charge is 0.0947 e. The molecule has 2 unspecified atom stereocenters. The van der Waals surface area contributed by atoms with Gasteiger partial charge in [-0.3, -0.25) is 0 Å². The monoisotopic (exact) mass is 215 g/mol. The molecule has 1 saturated carbocycles. The molecule has 1 heterocycles. The zero-order chi connectivity index (χ0) is 9.10. The maximum atomic E-state index is 5.00. The van der Waals surface area contributed by atoms with Gasteiger partial charge in [-0.1, -0.05) is 13.3 Å². The van der Waals surface area contributed by atoms with Gasteiger partial charge in [-0.2, -0.15) is 0 Å². The molecule has 3 heteroatoms. The molecule has 1 fully saturated rings. The van der Waals surface area contributed by atoms with E-state index in [1.54, 1.807) is 6.26 Å². The van der Waals surface area contributed by atoms with Crippen molar-refractivity contribution in [3.05, 3.63) is 24.2 Å². The van der Waals surface area contributed by atoms with E-state index in [0.717, 1.165) is 18.5 Å². The number of rotatable bonds is 5. The minimum atomic E-state index is 0. The van der Waals surface area contributed by atoms with Crippen LogP contribution in [0.2, 0.25) is 0 Å². The van der Waals surface area contributed by atoms with Crippen molar-refractivity contribution in [2.24, 2.45) is 5.92 Å². The van der Waals surface area contributed by atoms with E-state index in [-0.39, 0.29) is 12.4 Å². The average Bonchev–Trinajstić information content (AvgIpc) is 2.66. The molecule has 1 aromatic heterocycles. The molecular formula is C11H18ClNO. The van der Waals surface area contributed by atoms with E-state index in [4.69, 9.17) is 4.42 Å². The van der Waals surface area contributed by atoms with Gasteiger partial charge >= 0.3 is 0 Å². The molecule has 14 heavy (non-hydrogen) atoms. The molecule has 1 aliphatic carbocycles. The van der Waals surface area contributed by atoms with Gasteiger partial charge in [-0.15, -0.1) is 12.4 Å². The van der Waals surface area contributed by atoms with Crippen LogP contribution in [-0.2, 0) is 6.54 Å². The summed E-state index contributed by atoms with van der Waals surface area (Å²) in [6.07, 6.45) is 7.60. The molecule has 0 bridgehead atoms. The normalized spacial score (nSPS) is 24.4. The van der Waals surface area contributed by atoms with Crippen molar-refractivity contribution in [2.75, 3.05) is 0 Å². The predicted octanol–water partition coefficient (Wildman–Crippen LogP) is 2.98. The summed E-state index contributed by atoms with van der Waals surface area (Å²) < 4.78 is 5.00. The number of furan rings is 1. The third-order valence-corrected chi connectivity index (χ3v) is 2.73. The lowest BCUT2D eigenvalue weighted by Gasteiger charge is -2.00. The van der Waals surface area contributed by atoms with Crippen molar-refractivity contribution in [3.8, 4) is 0 Å². The Labute approximate surface area is 91.5 Å². The van der Waals surface area contributed by atoms with Crippen molar-refractivity contribution in [2.45, 2.75) is 38.8 Å². The van der Waals surface area contributed by atoms with E-state index >= 15 is 0 Å². The molecule has 0 aliphatic heterocycles. The zero-order valence-electron chi connectivity index (χ0n) is 8.53. The molecule has 0 spiro atoms.